The van der Waals surface area contributed by atoms with E-state index in [2.05, 4.69) is 12.2 Å². The van der Waals surface area contributed by atoms with Gasteiger partial charge in [0.25, 0.3) is 0 Å². The van der Waals surface area contributed by atoms with Crippen LogP contribution in [0.25, 0.3) is 12.2 Å². The summed E-state index contributed by atoms with van der Waals surface area (Å²) in [5.41, 5.74) is 8.78. The van der Waals surface area contributed by atoms with E-state index in [1.165, 1.54) is 0 Å². The van der Waals surface area contributed by atoms with Gasteiger partial charge in [-0.2, -0.15) is 0 Å². The smallest absolute Gasteiger partial charge is 0.119 e. The Morgan fingerprint density at radius 2 is 1.40 bits per heavy atom. The molecule has 2 heteroatoms. The molecule has 0 heterocycles. The molecule has 1 atom stereocenters. The molecule has 1 aliphatic rings. The van der Waals surface area contributed by atoms with Crippen LogP contribution in [0.3, 0.4) is 0 Å². The van der Waals surface area contributed by atoms with Crippen molar-refractivity contribution in [3.63, 3.8) is 0 Å². The van der Waals surface area contributed by atoms with Crippen molar-refractivity contribution in [2.45, 2.75) is 12.5 Å². The minimum absolute atomic E-state index is 0.0651. The molecule has 0 amide bonds. The summed E-state index contributed by atoms with van der Waals surface area (Å²) in [6.45, 7) is 2.43. The van der Waals surface area contributed by atoms with Crippen LogP contribution in [-0.2, 0) is 5.60 Å². The van der Waals surface area contributed by atoms with E-state index in [1.54, 1.807) is 0 Å². The number of benzene rings is 2. The first kappa shape index (κ1) is 13.1. The van der Waals surface area contributed by atoms with E-state index in [1.807, 2.05) is 55.5 Å². The first-order valence-electron chi connectivity index (χ1n) is 6.97. The molecule has 3 rings (SSSR count). The number of aliphatic hydroxyl groups is 1. The molecule has 2 aromatic carbocycles. The van der Waals surface area contributed by atoms with Gasteiger partial charge in [-0.3, -0.25) is 0 Å². The normalized spacial score (nSPS) is 16.9. The Hall–Kier alpha value is -1.90. The molecular formula is C18H19NO. The lowest BCUT2D eigenvalue weighted by Gasteiger charge is -2.36. The van der Waals surface area contributed by atoms with Crippen molar-refractivity contribution in [3.8, 4) is 0 Å². The van der Waals surface area contributed by atoms with E-state index in [4.69, 9.17) is 5.73 Å². The molecule has 2 aromatic rings. The summed E-state index contributed by atoms with van der Waals surface area (Å²) in [6.07, 6.45) is 4.13. The number of fused-ring (bicyclic) bond motifs is 2. The van der Waals surface area contributed by atoms with Crippen LogP contribution in [0.2, 0.25) is 0 Å². The molecule has 0 saturated heterocycles. The third kappa shape index (κ3) is 1.80. The molecule has 0 spiro atoms. The van der Waals surface area contributed by atoms with E-state index >= 15 is 0 Å². The zero-order valence-electron chi connectivity index (χ0n) is 11.6. The van der Waals surface area contributed by atoms with Gasteiger partial charge in [-0.25, -0.2) is 0 Å². The average molecular weight is 265 g/mol. The molecule has 0 fully saturated rings. The SMILES string of the molecule is C[C@@H](CN)C1(O)c2ccccc2C=Cc2ccccc21. The second kappa shape index (κ2) is 4.89. The van der Waals surface area contributed by atoms with Gasteiger partial charge in [0.05, 0.1) is 0 Å². The molecule has 20 heavy (non-hydrogen) atoms. The van der Waals surface area contributed by atoms with Crippen molar-refractivity contribution < 1.29 is 5.11 Å². The monoisotopic (exact) mass is 265 g/mol. The van der Waals surface area contributed by atoms with Gasteiger partial charge in [0.2, 0.25) is 0 Å². The van der Waals surface area contributed by atoms with Crippen molar-refractivity contribution in [3.05, 3.63) is 70.8 Å². The third-order valence-corrected chi connectivity index (χ3v) is 4.25. The van der Waals surface area contributed by atoms with E-state index in [0.29, 0.717) is 6.54 Å². The second-order valence-corrected chi connectivity index (χ2v) is 5.41. The summed E-state index contributed by atoms with van der Waals surface area (Å²) in [5, 5.41) is 11.5. The van der Waals surface area contributed by atoms with Gasteiger partial charge in [-0.15, -0.1) is 0 Å². The largest absolute Gasteiger partial charge is 0.380 e. The van der Waals surface area contributed by atoms with Gasteiger partial charge in [0.15, 0.2) is 0 Å². The van der Waals surface area contributed by atoms with Crippen LogP contribution in [-0.4, -0.2) is 11.7 Å². The molecule has 2 nitrogen and oxygen atoms in total. The van der Waals surface area contributed by atoms with Gasteiger partial charge < -0.3 is 10.8 Å². The van der Waals surface area contributed by atoms with Crippen molar-refractivity contribution in [2.24, 2.45) is 11.7 Å². The third-order valence-electron chi connectivity index (χ3n) is 4.25. The summed E-state index contributed by atoms with van der Waals surface area (Å²) in [4.78, 5) is 0. The molecule has 0 aromatic heterocycles. The van der Waals surface area contributed by atoms with Gasteiger partial charge >= 0.3 is 0 Å². The van der Waals surface area contributed by atoms with Crippen LogP contribution < -0.4 is 5.73 Å². The highest BCUT2D eigenvalue weighted by molar-refractivity contribution is 5.77. The van der Waals surface area contributed by atoms with Crippen LogP contribution in [0, 0.1) is 5.92 Å². The van der Waals surface area contributed by atoms with Crippen LogP contribution in [0.4, 0.5) is 0 Å². The maximum Gasteiger partial charge on any atom is 0.119 e. The summed E-state index contributed by atoms with van der Waals surface area (Å²) < 4.78 is 0. The fourth-order valence-electron chi connectivity index (χ4n) is 3.01. The topological polar surface area (TPSA) is 46.2 Å². The number of hydrogen-bond donors (Lipinski definition) is 2. The van der Waals surface area contributed by atoms with Crippen molar-refractivity contribution >= 4 is 12.2 Å². The lowest BCUT2D eigenvalue weighted by atomic mass is 9.75. The highest BCUT2D eigenvalue weighted by Gasteiger charge is 2.40. The number of rotatable bonds is 2. The van der Waals surface area contributed by atoms with Crippen molar-refractivity contribution in [1.82, 2.24) is 0 Å². The zero-order valence-corrected chi connectivity index (χ0v) is 11.6. The Morgan fingerprint density at radius 3 is 1.85 bits per heavy atom. The predicted octanol–water partition coefficient (Wildman–Crippen LogP) is 3.00. The van der Waals surface area contributed by atoms with Crippen LogP contribution in [0.15, 0.2) is 48.5 Å². The lowest BCUT2D eigenvalue weighted by molar-refractivity contribution is 0.0275. The second-order valence-electron chi connectivity index (χ2n) is 5.41. The maximum atomic E-state index is 11.5. The van der Waals surface area contributed by atoms with E-state index < -0.39 is 5.60 Å². The van der Waals surface area contributed by atoms with Gasteiger partial charge in [-0.1, -0.05) is 67.6 Å². The zero-order chi connectivity index (χ0) is 14.2. The number of nitrogens with two attached hydrogens (primary N) is 1. The molecule has 1 aliphatic carbocycles. The summed E-state index contributed by atoms with van der Waals surface area (Å²) in [6, 6.07) is 16.0. The van der Waals surface area contributed by atoms with Gasteiger partial charge in [0.1, 0.15) is 5.60 Å². The fourth-order valence-corrected chi connectivity index (χ4v) is 3.01. The Bertz CT molecular complexity index is 610. The summed E-state index contributed by atoms with van der Waals surface area (Å²) in [5.74, 6) is -0.0651. The van der Waals surface area contributed by atoms with Crippen LogP contribution >= 0.6 is 0 Å². The Kier molecular flexibility index (Phi) is 3.20. The molecule has 102 valence electrons. The molecule has 3 N–H and O–H groups in total. The quantitative estimate of drug-likeness (QED) is 0.877. The minimum atomic E-state index is -1.05. The highest BCUT2D eigenvalue weighted by Crippen LogP contribution is 2.42. The lowest BCUT2D eigenvalue weighted by Crippen LogP contribution is -2.39. The maximum absolute atomic E-state index is 11.5. The predicted molar refractivity (Wildman–Crippen MR) is 83.0 cm³/mol. The van der Waals surface area contributed by atoms with Crippen molar-refractivity contribution in [1.29, 1.82) is 0 Å². The molecular weight excluding hydrogens is 246 g/mol. The van der Waals surface area contributed by atoms with Crippen LogP contribution in [0.5, 0.6) is 0 Å². The van der Waals surface area contributed by atoms with Gasteiger partial charge in [0, 0.05) is 5.92 Å². The van der Waals surface area contributed by atoms with Crippen LogP contribution in [0.1, 0.15) is 29.2 Å². The Labute approximate surface area is 119 Å². The average Bonchev–Trinajstić information content (AvgIpc) is 2.64. The number of hydrogen-bond acceptors (Lipinski definition) is 2. The highest BCUT2D eigenvalue weighted by atomic mass is 16.3. The Morgan fingerprint density at radius 1 is 0.950 bits per heavy atom. The molecule has 0 saturated carbocycles. The fraction of sp³-hybridized carbons (Fsp3) is 0.222. The molecule has 0 unspecified atom stereocenters. The minimum Gasteiger partial charge on any atom is -0.380 e. The summed E-state index contributed by atoms with van der Waals surface area (Å²) in [7, 11) is 0. The van der Waals surface area contributed by atoms with Crippen molar-refractivity contribution in [2.75, 3.05) is 6.54 Å². The molecule has 0 radical (unpaired) electrons. The van der Waals surface area contributed by atoms with E-state index in [0.717, 1.165) is 22.3 Å². The van der Waals surface area contributed by atoms with E-state index in [9.17, 15) is 5.11 Å². The molecule has 0 aliphatic heterocycles. The van der Waals surface area contributed by atoms with E-state index in [-0.39, 0.29) is 5.92 Å². The standard InChI is InChI=1S/C18H19NO/c1-13(12-19)18(20)16-8-4-2-6-14(16)10-11-15-7-3-5-9-17(15)18/h2-11,13,20H,12,19H2,1H3/t13-/m0/s1. The Balaban J connectivity index is 2.34. The first-order valence-corrected chi connectivity index (χ1v) is 6.97. The molecule has 0 bridgehead atoms. The summed E-state index contributed by atoms with van der Waals surface area (Å²) >= 11 is 0. The van der Waals surface area contributed by atoms with Gasteiger partial charge in [-0.05, 0) is 28.8 Å². The first-order chi connectivity index (χ1) is 9.67.